The third-order valence-electron chi connectivity index (χ3n) is 3.51. The van der Waals surface area contributed by atoms with E-state index in [1.807, 2.05) is 37.3 Å². The monoisotopic (exact) mass is 307 g/mol. The molecule has 2 nitrogen and oxygen atoms in total. The molecule has 0 aromatic carbocycles. The van der Waals surface area contributed by atoms with Crippen molar-refractivity contribution in [2.45, 2.75) is 25.9 Å². The van der Waals surface area contributed by atoms with E-state index < -0.39 is 5.60 Å². The van der Waals surface area contributed by atoms with Gasteiger partial charge in [-0.05, 0) is 36.6 Å². The van der Waals surface area contributed by atoms with Crippen LogP contribution in [0, 0.1) is 0 Å². The Kier molecular flexibility index (Phi) is 7.17. The normalized spacial score (nSPS) is 15.3. The summed E-state index contributed by atoms with van der Waals surface area (Å²) in [5.41, 5.74) is 2.49. The van der Waals surface area contributed by atoms with E-state index in [0.717, 1.165) is 22.4 Å². The Hall–Kier alpha value is -2.45. The van der Waals surface area contributed by atoms with Gasteiger partial charge in [-0.15, -0.1) is 0 Å². The van der Waals surface area contributed by atoms with Gasteiger partial charge in [0, 0.05) is 18.3 Å². The van der Waals surface area contributed by atoms with Crippen molar-refractivity contribution < 1.29 is 5.11 Å². The Labute approximate surface area is 139 Å². The number of rotatable bonds is 8. The highest BCUT2D eigenvalue weighted by molar-refractivity contribution is 5.74. The molecule has 1 aromatic rings. The summed E-state index contributed by atoms with van der Waals surface area (Å²) < 4.78 is 0. The molecule has 0 spiro atoms. The summed E-state index contributed by atoms with van der Waals surface area (Å²) in [6, 6.07) is 3.91. The molecule has 0 fully saturated rings. The van der Waals surface area contributed by atoms with Crippen molar-refractivity contribution in [3.8, 4) is 0 Å². The molecule has 0 aliphatic carbocycles. The molecule has 0 unspecified atom stereocenters. The zero-order chi connectivity index (χ0) is 17.3. The van der Waals surface area contributed by atoms with Gasteiger partial charge in [-0.25, -0.2) is 0 Å². The van der Waals surface area contributed by atoms with Gasteiger partial charge in [0.15, 0.2) is 0 Å². The molecule has 23 heavy (non-hydrogen) atoms. The number of allylic oxidation sites excluding steroid dienone is 7. The van der Waals surface area contributed by atoms with E-state index in [-0.39, 0.29) is 0 Å². The second-order valence-electron chi connectivity index (χ2n) is 5.40. The lowest BCUT2D eigenvalue weighted by molar-refractivity contribution is 0.102. The average Bonchev–Trinajstić information content (AvgIpc) is 2.54. The summed E-state index contributed by atoms with van der Waals surface area (Å²) in [7, 11) is 0. The van der Waals surface area contributed by atoms with Gasteiger partial charge in [-0.2, -0.15) is 0 Å². The molecule has 120 valence electrons. The van der Waals surface area contributed by atoms with Crippen molar-refractivity contribution in [2.24, 2.45) is 0 Å². The lowest BCUT2D eigenvalue weighted by Crippen LogP contribution is -2.29. The van der Waals surface area contributed by atoms with Crippen LogP contribution in [-0.4, -0.2) is 15.7 Å². The first-order valence-corrected chi connectivity index (χ1v) is 7.57. The molecule has 1 rings (SSSR count). The summed E-state index contributed by atoms with van der Waals surface area (Å²) in [5, 5.41) is 10.6. The maximum absolute atomic E-state index is 10.6. The second-order valence-corrected chi connectivity index (χ2v) is 5.40. The van der Waals surface area contributed by atoms with Crippen molar-refractivity contribution in [1.82, 2.24) is 4.98 Å². The van der Waals surface area contributed by atoms with Gasteiger partial charge >= 0.3 is 0 Å². The van der Waals surface area contributed by atoms with E-state index in [2.05, 4.69) is 24.7 Å². The molecular weight excluding hydrogens is 282 g/mol. The van der Waals surface area contributed by atoms with Crippen LogP contribution in [0.3, 0.4) is 0 Å². The minimum absolute atomic E-state index is 0.404. The fourth-order valence-corrected chi connectivity index (χ4v) is 2.23. The maximum Gasteiger partial charge on any atom is 0.0923 e. The van der Waals surface area contributed by atoms with Crippen molar-refractivity contribution in [2.75, 3.05) is 0 Å². The van der Waals surface area contributed by atoms with Crippen LogP contribution in [-0.2, 0) is 6.42 Å². The molecule has 0 aliphatic rings. The van der Waals surface area contributed by atoms with Gasteiger partial charge in [0.05, 0.1) is 5.60 Å². The minimum Gasteiger partial charge on any atom is -0.385 e. The third kappa shape index (κ3) is 5.35. The summed E-state index contributed by atoms with van der Waals surface area (Å²) in [5.74, 6) is 0. The van der Waals surface area contributed by atoms with Gasteiger partial charge in [-0.1, -0.05) is 68.3 Å². The van der Waals surface area contributed by atoms with E-state index in [4.69, 9.17) is 0 Å². The van der Waals surface area contributed by atoms with Crippen LogP contribution in [0.25, 0.3) is 5.57 Å². The quantitative estimate of drug-likeness (QED) is 0.699. The number of aromatic nitrogens is 1. The first-order valence-electron chi connectivity index (χ1n) is 7.57. The van der Waals surface area contributed by atoms with E-state index in [1.165, 1.54) is 0 Å². The Bertz CT molecular complexity index is 643. The van der Waals surface area contributed by atoms with Crippen LogP contribution in [0.1, 0.15) is 25.1 Å². The highest BCUT2D eigenvalue weighted by atomic mass is 16.3. The molecule has 2 heteroatoms. The summed E-state index contributed by atoms with van der Waals surface area (Å²) in [4.78, 5) is 4.46. The predicted octanol–water partition coefficient (Wildman–Crippen LogP) is 4.82. The summed E-state index contributed by atoms with van der Waals surface area (Å²) in [6.07, 6.45) is 15.0. The second kappa shape index (κ2) is 8.86. The number of pyridine rings is 1. The van der Waals surface area contributed by atoms with Crippen molar-refractivity contribution >= 4 is 5.57 Å². The fourth-order valence-electron chi connectivity index (χ4n) is 2.23. The van der Waals surface area contributed by atoms with Gasteiger partial charge in [-0.3, -0.25) is 4.98 Å². The Morgan fingerprint density at radius 1 is 1.22 bits per heavy atom. The molecular formula is C21H25NO. The van der Waals surface area contributed by atoms with Gasteiger partial charge in [0.2, 0.25) is 0 Å². The van der Waals surface area contributed by atoms with Crippen molar-refractivity contribution in [3.63, 3.8) is 0 Å². The zero-order valence-electron chi connectivity index (χ0n) is 14.0. The third-order valence-corrected chi connectivity index (χ3v) is 3.51. The lowest BCUT2D eigenvalue weighted by Gasteiger charge is -2.24. The van der Waals surface area contributed by atoms with Crippen LogP contribution in [0.4, 0.5) is 0 Å². The standard InChI is InChI=1S/C21H25NO/c1-6-10-12-17(8-3)18-13-14-20(22-16-18)15-21(5,23)19(9-4)11-7-2/h6-14,16,23H,2-4,15H2,1,5H3/b10-6-,17-12+,19-11+/t21-/m1/s1. The van der Waals surface area contributed by atoms with Crippen molar-refractivity contribution in [3.05, 3.63) is 97.4 Å². The van der Waals surface area contributed by atoms with Gasteiger partial charge < -0.3 is 5.11 Å². The molecule has 0 saturated heterocycles. The van der Waals surface area contributed by atoms with E-state index in [1.54, 1.807) is 37.4 Å². The summed E-state index contributed by atoms with van der Waals surface area (Å²) >= 11 is 0. The summed E-state index contributed by atoms with van der Waals surface area (Å²) in [6.45, 7) is 15.0. The molecule has 1 atom stereocenters. The maximum atomic E-state index is 10.6. The molecule has 1 aromatic heterocycles. The molecule has 0 aliphatic heterocycles. The molecule has 1 heterocycles. The largest absolute Gasteiger partial charge is 0.385 e. The van der Waals surface area contributed by atoms with Crippen LogP contribution in [0.5, 0.6) is 0 Å². The van der Waals surface area contributed by atoms with Crippen LogP contribution >= 0.6 is 0 Å². The first-order chi connectivity index (χ1) is 11.0. The van der Waals surface area contributed by atoms with Crippen LogP contribution in [0.2, 0.25) is 0 Å². The molecule has 0 amide bonds. The first kappa shape index (κ1) is 18.6. The lowest BCUT2D eigenvalue weighted by atomic mass is 9.90. The fraction of sp³-hybridized carbons (Fsp3) is 0.190. The molecule has 0 radical (unpaired) electrons. The van der Waals surface area contributed by atoms with Crippen LogP contribution in [0.15, 0.2) is 86.2 Å². The highest BCUT2D eigenvalue weighted by Crippen LogP contribution is 2.23. The van der Waals surface area contributed by atoms with E-state index in [0.29, 0.717) is 6.42 Å². The number of hydrogen-bond donors (Lipinski definition) is 1. The average molecular weight is 307 g/mol. The van der Waals surface area contributed by atoms with E-state index in [9.17, 15) is 5.11 Å². The number of aliphatic hydroxyl groups is 1. The Balaban J connectivity index is 3.01. The Morgan fingerprint density at radius 2 is 1.96 bits per heavy atom. The van der Waals surface area contributed by atoms with E-state index >= 15 is 0 Å². The smallest absolute Gasteiger partial charge is 0.0923 e. The molecule has 1 N–H and O–H groups in total. The van der Waals surface area contributed by atoms with Gasteiger partial charge in [0.1, 0.15) is 0 Å². The minimum atomic E-state index is -1.04. The number of hydrogen-bond acceptors (Lipinski definition) is 2. The van der Waals surface area contributed by atoms with Crippen LogP contribution < -0.4 is 0 Å². The van der Waals surface area contributed by atoms with Gasteiger partial charge in [0.25, 0.3) is 0 Å². The highest BCUT2D eigenvalue weighted by Gasteiger charge is 2.24. The number of nitrogens with zero attached hydrogens (tertiary/aromatic N) is 1. The van der Waals surface area contributed by atoms with Crippen molar-refractivity contribution in [1.29, 1.82) is 0 Å². The predicted molar refractivity (Wildman–Crippen MR) is 100 cm³/mol. The molecule has 0 bridgehead atoms. The zero-order valence-corrected chi connectivity index (χ0v) is 14.0. The Morgan fingerprint density at radius 3 is 2.43 bits per heavy atom. The SMILES string of the molecule is C=C/C=C(\C=C)[C@](C)(O)Cc1ccc(/C(C=C)=C/C=C\C)cn1. The molecule has 0 saturated carbocycles. The topological polar surface area (TPSA) is 33.1 Å².